The second-order valence-electron chi connectivity index (χ2n) is 8.84. The van der Waals surface area contributed by atoms with E-state index in [1.165, 1.54) is 0 Å². The summed E-state index contributed by atoms with van der Waals surface area (Å²) in [5.41, 5.74) is 2.86. The summed E-state index contributed by atoms with van der Waals surface area (Å²) in [4.78, 5) is 33.1. The topological polar surface area (TPSA) is 123 Å². The van der Waals surface area contributed by atoms with Crippen LogP contribution in [0.5, 0.6) is 0 Å². The second kappa shape index (κ2) is 12.1. The van der Waals surface area contributed by atoms with Crippen LogP contribution in [-0.2, 0) is 20.9 Å². The Bertz CT molecular complexity index is 1240. The number of nitrogens with zero attached hydrogens (tertiary/aromatic N) is 4. The Hall–Kier alpha value is -3.23. The van der Waals surface area contributed by atoms with Crippen molar-refractivity contribution in [2.75, 3.05) is 30.4 Å². The number of hydrogen-bond acceptors (Lipinski definition) is 8. The molecule has 3 aromatic rings. The Morgan fingerprint density at radius 3 is 2.83 bits per heavy atom. The zero-order chi connectivity index (χ0) is 25.5. The van der Waals surface area contributed by atoms with Crippen LogP contribution in [0.3, 0.4) is 0 Å². The van der Waals surface area contributed by atoms with Crippen molar-refractivity contribution < 1.29 is 14.3 Å². The Morgan fingerprint density at radius 2 is 2.08 bits per heavy atom. The normalized spacial score (nSPS) is 14.4. The van der Waals surface area contributed by atoms with Gasteiger partial charge in [0.1, 0.15) is 0 Å². The molecule has 0 aliphatic carbocycles. The summed E-state index contributed by atoms with van der Waals surface area (Å²) in [6.45, 7) is 9.63. The van der Waals surface area contributed by atoms with Gasteiger partial charge in [-0.3, -0.25) is 0 Å². The molecule has 11 heteroatoms. The van der Waals surface area contributed by atoms with E-state index in [4.69, 9.17) is 14.7 Å². The predicted octanol–water partition coefficient (Wildman–Crippen LogP) is 1.61. The first-order chi connectivity index (χ1) is 17.4. The Morgan fingerprint density at radius 1 is 1.28 bits per heavy atom. The summed E-state index contributed by atoms with van der Waals surface area (Å²) >= 11 is -0.719. The van der Waals surface area contributed by atoms with Crippen molar-refractivity contribution in [2.24, 2.45) is 0 Å². The van der Waals surface area contributed by atoms with E-state index in [2.05, 4.69) is 41.5 Å². The zero-order valence-electron chi connectivity index (χ0n) is 20.5. The molecule has 1 saturated heterocycles. The van der Waals surface area contributed by atoms with Gasteiger partial charge in [-0.2, -0.15) is 0 Å². The molecule has 0 bridgehead atoms. The summed E-state index contributed by atoms with van der Waals surface area (Å²) in [5.74, 6) is 1.10. The summed E-state index contributed by atoms with van der Waals surface area (Å²) < 4.78 is 8.20. The van der Waals surface area contributed by atoms with E-state index in [-0.39, 0.29) is 29.0 Å². The van der Waals surface area contributed by atoms with Gasteiger partial charge in [0.15, 0.2) is 0 Å². The molecule has 36 heavy (non-hydrogen) atoms. The molecular formula is C25H31AsN7O3. The SMILES string of the molecule is C=CC(=O)NCC(=O)[As]c1cccc(CNc2nc(NC3CCOCC3)nc3c(C(C)C)cnn23)c1. The molecule has 1 aliphatic rings. The Labute approximate surface area is 217 Å². The molecule has 1 aromatic carbocycles. The van der Waals surface area contributed by atoms with Crippen molar-refractivity contribution in [1.82, 2.24) is 24.9 Å². The van der Waals surface area contributed by atoms with E-state index >= 15 is 0 Å². The maximum atomic E-state index is 12.3. The van der Waals surface area contributed by atoms with Gasteiger partial charge in [-0.05, 0) is 0 Å². The van der Waals surface area contributed by atoms with Crippen molar-refractivity contribution in [3.63, 3.8) is 0 Å². The molecule has 2 aromatic heterocycles. The number of ether oxygens (including phenoxy) is 1. The van der Waals surface area contributed by atoms with Crippen LogP contribution in [0.4, 0.5) is 11.9 Å². The third-order valence-electron chi connectivity index (χ3n) is 5.79. The van der Waals surface area contributed by atoms with Gasteiger partial charge < -0.3 is 4.74 Å². The number of carbonyl (C=O) groups is 2. The first-order valence-corrected chi connectivity index (χ1v) is 13.9. The van der Waals surface area contributed by atoms with Crippen molar-refractivity contribution >= 4 is 48.1 Å². The first-order valence-electron chi connectivity index (χ1n) is 12.0. The van der Waals surface area contributed by atoms with Crippen molar-refractivity contribution in [3.8, 4) is 0 Å². The van der Waals surface area contributed by atoms with E-state index in [1.54, 1.807) is 4.52 Å². The summed E-state index contributed by atoms with van der Waals surface area (Å²) in [6, 6.07) is 8.17. The molecule has 0 spiro atoms. The van der Waals surface area contributed by atoms with Gasteiger partial charge in [0.25, 0.3) is 0 Å². The van der Waals surface area contributed by atoms with Crippen LogP contribution >= 0.6 is 0 Å². The number of rotatable bonds is 11. The van der Waals surface area contributed by atoms with Crippen LogP contribution in [0.25, 0.3) is 5.65 Å². The monoisotopic (exact) mass is 552 g/mol. The third-order valence-corrected chi connectivity index (χ3v) is 7.77. The summed E-state index contributed by atoms with van der Waals surface area (Å²) in [6.07, 6.45) is 4.84. The summed E-state index contributed by atoms with van der Waals surface area (Å²) in [7, 11) is 0. The average molecular weight is 552 g/mol. The van der Waals surface area contributed by atoms with Gasteiger partial charge in [-0.15, -0.1) is 0 Å². The molecule has 0 saturated carbocycles. The molecule has 4 rings (SSSR count). The fraction of sp³-hybridized carbons (Fsp3) is 0.400. The maximum absolute atomic E-state index is 12.3. The second-order valence-corrected chi connectivity index (χ2v) is 11.4. The van der Waals surface area contributed by atoms with Gasteiger partial charge in [0, 0.05) is 0 Å². The number of benzene rings is 1. The number of amides is 1. The molecule has 189 valence electrons. The van der Waals surface area contributed by atoms with Crippen molar-refractivity contribution in [3.05, 3.63) is 54.2 Å². The van der Waals surface area contributed by atoms with Crippen LogP contribution in [0, 0.1) is 0 Å². The van der Waals surface area contributed by atoms with Gasteiger partial charge in [-0.25, -0.2) is 0 Å². The van der Waals surface area contributed by atoms with Crippen LogP contribution in [-0.4, -0.2) is 71.6 Å². The number of hydrogen-bond donors (Lipinski definition) is 3. The molecule has 3 heterocycles. The summed E-state index contributed by atoms with van der Waals surface area (Å²) in [5, 5.41) is 14.0. The number of anilines is 2. The minimum absolute atomic E-state index is 0.0191. The average Bonchev–Trinajstić information content (AvgIpc) is 3.31. The number of fused-ring (bicyclic) bond motifs is 1. The van der Waals surface area contributed by atoms with Crippen molar-refractivity contribution in [2.45, 2.75) is 45.2 Å². The zero-order valence-corrected chi connectivity index (χ0v) is 22.4. The Balaban J connectivity index is 1.49. The van der Waals surface area contributed by atoms with E-state index in [1.807, 2.05) is 30.5 Å². The predicted molar refractivity (Wildman–Crippen MR) is 140 cm³/mol. The van der Waals surface area contributed by atoms with Gasteiger partial charge >= 0.3 is 212 Å². The molecule has 0 atom stereocenters. The van der Waals surface area contributed by atoms with Gasteiger partial charge in [0.05, 0.1) is 0 Å². The van der Waals surface area contributed by atoms with E-state index in [9.17, 15) is 9.59 Å². The van der Waals surface area contributed by atoms with Gasteiger partial charge in [-0.1, -0.05) is 0 Å². The molecule has 1 aliphatic heterocycles. The van der Waals surface area contributed by atoms with Gasteiger partial charge in [0.2, 0.25) is 0 Å². The first kappa shape index (κ1) is 25.8. The van der Waals surface area contributed by atoms with E-state index < -0.39 is 15.8 Å². The minimum atomic E-state index is -0.719. The molecule has 3 N–H and O–H groups in total. The quantitative estimate of drug-likeness (QED) is 0.242. The molecule has 1 radical (unpaired) electrons. The number of carbonyl (C=O) groups excluding carboxylic acids is 2. The third kappa shape index (κ3) is 6.71. The molecule has 1 amide bonds. The fourth-order valence-corrected chi connectivity index (χ4v) is 5.60. The van der Waals surface area contributed by atoms with Crippen LogP contribution in [0.2, 0.25) is 0 Å². The molecular weight excluding hydrogens is 521 g/mol. The Kier molecular flexibility index (Phi) is 8.72. The standard InChI is InChI=1S/C25H31AsN7O3/c1-4-22(35)27-15-21(34)26-18-7-5-6-17(12-18)13-28-25-32-24(30-19-8-10-36-11-9-19)31-23-20(16(2)3)14-29-33(23)25/h4-7,12,14,16,19H,1,8-11,13,15H2,2-3H3,(H,27,35)(H2,28,30,31,32). The molecule has 10 nitrogen and oxygen atoms in total. The van der Waals surface area contributed by atoms with Crippen molar-refractivity contribution in [1.29, 1.82) is 0 Å². The molecule has 0 unspecified atom stereocenters. The van der Waals surface area contributed by atoms with Crippen LogP contribution in [0.15, 0.2) is 43.1 Å². The number of nitrogens with one attached hydrogen (secondary N) is 3. The van der Waals surface area contributed by atoms with Crippen LogP contribution < -0.4 is 20.3 Å². The number of aromatic nitrogens is 4. The fourth-order valence-electron chi connectivity index (χ4n) is 3.84. The van der Waals surface area contributed by atoms with Crippen LogP contribution in [0.1, 0.15) is 43.7 Å². The molecule has 1 fully saturated rings. The van der Waals surface area contributed by atoms with E-state index in [0.717, 1.165) is 53.3 Å². The van der Waals surface area contributed by atoms with E-state index in [0.29, 0.717) is 18.4 Å².